The second-order valence-corrected chi connectivity index (χ2v) is 8.16. The number of halogens is 2. The predicted molar refractivity (Wildman–Crippen MR) is 97.2 cm³/mol. The van der Waals surface area contributed by atoms with Crippen LogP contribution in [-0.2, 0) is 12.0 Å². The molecule has 5 nitrogen and oxygen atoms in total. The van der Waals surface area contributed by atoms with Crippen LogP contribution in [0.4, 0.5) is 0 Å². The Morgan fingerprint density at radius 2 is 2.09 bits per heavy atom. The molecule has 3 aromatic rings. The highest BCUT2D eigenvalue weighted by atomic mass is 79.9. The summed E-state index contributed by atoms with van der Waals surface area (Å²) in [6.45, 7) is 0. The van der Waals surface area contributed by atoms with E-state index in [1.807, 2.05) is 5.38 Å². The topological polar surface area (TPSA) is 77.8 Å². The van der Waals surface area contributed by atoms with Crippen LogP contribution in [-0.4, -0.2) is 15.1 Å². The first-order valence-corrected chi connectivity index (χ1v) is 9.48. The number of aromatic nitrogens is 3. The first kappa shape index (κ1) is 17.0. The summed E-state index contributed by atoms with van der Waals surface area (Å²) in [7, 11) is 0. The van der Waals surface area contributed by atoms with Crippen molar-refractivity contribution in [3.63, 3.8) is 0 Å². The Morgan fingerprint density at radius 3 is 2.74 bits per heavy atom. The second kappa shape index (κ2) is 6.60. The highest BCUT2D eigenvalue weighted by Crippen LogP contribution is 2.37. The molecule has 0 radical (unpaired) electrons. The molecule has 3 heterocycles. The molecule has 4 rings (SSSR count). The van der Waals surface area contributed by atoms with Gasteiger partial charge in [-0.15, -0.1) is 35.1 Å². The molecule has 0 aliphatic heterocycles. The fourth-order valence-corrected chi connectivity index (χ4v) is 4.72. The molecule has 0 amide bonds. The van der Waals surface area contributed by atoms with E-state index >= 15 is 0 Å². The van der Waals surface area contributed by atoms with E-state index in [0.717, 1.165) is 39.3 Å². The number of thiophene rings is 1. The summed E-state index contributed by atoms with van der Waals surface area (Å²) in [6.07, 6.45) is 3.54. The minimum Gasteiger partial charge on any atom is -0.339 e. The van der Waals surface area contributed by atoms with Crippen LogP contribution < -0.4 is 5.73 Å². The minimum absolute atomic E-state index is 0. The molecule has 0 aromatic carbocycles. The molecular weight excluding hydrogens is 420 g/mol. The number of rotatable bonds is 4. The zero-order valence-electron chi connectivity index (χ0n) is 12.0. The van der Waals surface area contributed by atoms with E-state index in [2.05, 4.69) is 42.5 Å². The molecule has 0 unspecified atom stereocenters. The highest BCUT2D eigenvalue weighted by molar-refractivity contribution is 9.10. The average Bonchev–Trinajstić information content (AvgIpc) is 3.17. The van der Waals surface area contributed by atoms with E-state index in [4.69, 9.17) is 10.3 Å². The lowest BCUT2D eigenvalue weighted by atomic mass is 9.77. The van der Waals surface area contributed by atoms with Crippen molar-refractivity contribution in [1.82, 2.24) is 15.1 Å². The van der Waals surface area contributed by atoms with E-state index in [9.17, 15) is 0 Å². The normalized spacial score (nSPS) is 15.9. The van der Waals surface area contributed by atoms with Crippen molar-refractivity contribution >= 4 is 51.0 Å². The number of hydrogen-bond acceptors (Lipinski definition) is 7. The van der Waals surface area contributed by atoms with Crippen LogP contribution in [0.1, 0.15) is 36.7 Å². The van der Waals surface area contributed by atoms with Gasteiger partial charge < -0.3 is 10.3 Å². The molecule has 0 spiro atoms. The van der Waals surface area contributed by atoms with Crippen LogP contribution in [0.5, 0.6) is 0 Å². The van der Waals surface area contributed by atoms with E-state index in [1.165, 1.54) is 0 Å². The van der Waals surface area contributed by atoms with Crippen molar-refractivity contribution in [2.75, 3.05) is 0 Å². The fraction of sp³-hybridized carbons (Fsp3) is 0.357. The lowest BCUT2D eigenvalue weighted by Crippen LogP contribution is -2.44. The molecule has 0 atom stereocenters. The van der Waals surface area contributed by atoms with E-state index in [-0.39, 0.29) is 17.9 Å². The number of thiazole rings is 1. The summed E-state index contributed by atoms with van der Waals surface area (Å²) in [5.74, 6) is 1.21. The predicted octanol–water partition coefficient (Wildman–Crippen LogP) is 4.37. The third-order valence-electron chi connectivity index (χ3n) is 3.82. The largest absolute Gasteiger partial charge is 0.339 e. The van der Waals surface area contributed by atoms with Gasteiger partial charge >= 0.3 is 0 Å². The lowest BCUT2D eigenvalue weighted by molar-refractivity contribution is 0.229. The van der Waals surface area contributed by atoms with Crippen LogP contribution in [0.15, 0.2) is 25.8 Å². The smallest absolute Gasteiger partial charge is 0.232 e. The SMILES string of the molecule is Cl.NC1(c2noc(Cc3csc(-c4cc(Br)cs4)n3)n2)CCC1. The van der Waals surface area contributed by atoms with Gasteiger partial charge in [-0.2, -0.15) is 4.98 Å². The van der Waals surface area contributed by atoms with Gasteiger partial charge in [-0.05, 0) is 41.3 Å². The maximum Gasteiger partial charge on any atom is 0.232 e. The van der Waals surface area contributed by atoms with Crippen molar-refractivity contribution in [3.05, 3.63) is 38.7 Å². The van der Waals surface area contributed by atoms with Crippen LogP contribution in [0.25, 0.3) is 9.88 Å². The zero-order chi connectivity index (χ0) is 15.2. The maximum absolute atomic E-state index is 6.21. The van der Waals surface area contributed by atoms with Gasteiger partial charge in [-0.1, -0.05) is 5.16 Å². The summed E-state index contributed by atoms with van der Waals surface area (Å²) < 4.78 is 6.41. The summed E-state index contributed by atoms with van der Waals surface area (Å²) in [5.41, 5.74) is 6.78. The first-order valence-electron chi connectivity index (χ1n) is 6.93. The van der Waals surface area contributed by atoms with Crippen LogP contribution in [0.2, 0.25) is 0 Å². The third kappa shape index (κ3) is 3.36. The first-order chi connectivity index (χ1) is 10.6. The molecule has 1 fully saturated rings. The van der Waals surface area contributed by atoms with Crippen LogP contribution >= 0.6 is 51.0 Å². The Hall–Kier alpha value is -0.800. The summed E-state index contributed by atoms with van der Waals surface area (Å²) in [5, 5.41) is 9.14. The van der Waals surface area contributed by atoms with Gasteiger partial charge in [0.2, 0.25) is 5.89 Å². The van der Waals surface area contributed by atoms with Gasteiger partial charge in [-0.25, -0.2) is 4.98 Å². The summed E-state index contributed by atoms with van der Waals surface area (Å²) in [6, 6.07) is 2.08. The van der Waals surface area contributed by atoms with Gasteiger partial charge in [0.15, 0.2) is 5.82 Å². The Bertz CT molecular complexity index is 811. The van der Waals surface area contributed by atoms with Gasteiger partial charge in [0.25, 0.3) is 0 Å². The Morgan fingerprint density at radius 1 is 1.26 bits per heavy atom. The fourth-order valence-electron chi connectivity index (χ4n) is 2.39. The molecular formula is C14H14BrClN4OS2. The van der Waals surface area contributed by atoms with Gasteiger partial charge in [0.05, 0.1) is 22.5 Å². The van der Waals surface area contributed by atoms with Gasteiger partial charge in [0, 0.05) is 15.2 Å². The zero-order valence-corrected chi connectivity index (χ0v) is 16.0. The molecule has 0 bridgehead atoms. The maximum atomic E-state index is 6.21. The Kier molecular flexibility index (Phi) is 4.89. The molecule has 3 aromatic heterocycles. The molecule has 1 aliphatic carbocycles. The molecule has 1 saturated carbocycles. The molecule has 2 N–H and O–H groups in total. The van der Waals surface area contributed by atoms with Crippen molar-refractivity contribution in [3.8, 4) is 9.88 Å². The van der Waals surface area contributed by atoms with Gasteiger partial charge in [0.1, 0.15) is 5.01 Å². The standard InChI is InChI=1S/C14H13BrN4OS2.ClH/c15-8-4-10(21-6-8)12-17-9(7-22-12)5-11-18-13(19-20-11)14(16)2-1-3-14;/h4,6-7H,1-3,5,16H2;1H. The molecule has 0 saturated heterocycles. The van der Waals surface area contributed by atoms with E-state index in [1.54, 1.807) is 22.7 Å². The molecule has 23 heavy (non-hydrogen) atoms. The Labute approximate surface area is 155 Å². The van der Waals surface area contributed by atoms with Crippen LogP contribution in [0, 0.1) is 0 Å². The quantitative estimate of drug-likeness (QED) is 0.661. The molecule has 1 aliphatic rings. The van der Waals surface area contributed by atoms with Crippen molar-refractivity contribution in [2.24, 2.45) is 5.73 Å². The van der Waals surface area contributed by atoms with Crippen LogP contribution in [0.3, 0.4) is 0 Å². The molecule has 9 heteroatoms. The number of nitrogens with two attached hydrogens (primary N) is 1. The van der Waals surface area contributed by atoms with Gasteiger partial charge in [-0.3, -0.25) is 0 Å². The van der Waals surface area contributed by atoms with Crippen molar-refractivity contribution in [2.45, 2.75) is 31.2 Å². The van der Waals surface area contributed by atoms with E-state index < -0.39 is 0 Å². The lowest BCUT2D eigenvalue weighted by Gasteiger charge is -2.34. The molecule has 122 valence electrons. The monoisotopic (exact) mass is 432 g/mol. The van der Waals surface area contributed by atoms with Crippen molar-refractivity contribution in [1.29, 1.82) is 0 Å². The highest BCUT2D eigenvalue weighted by Gasteiger charge is 2.38. The summed E-state index contributed by atoms with van der Waals surface area (Å²) in [4.78, 5) is 10.2. The average molecular weight is 434 g/mol. The number of nitrogens with zero attached hydrogens (tertiary/aromatic N) is 3. The summed E-state index contributed by atoms with van der Waals surface area (Å²) >= 11 is 6.77. The number of hydrogen-bond donors (Lipinski definition) is 1. The third-order valence-corrected chi connectivity index (χ3v) is 6.57. The van der Waals surface area contributed by atoms with Crippen molar-refractivity contribution < 1.29 is 4.52 Å². The minimum atomic E-state index is -0.377. The Balaban J connectivity index is 0.00000156. The second-order valence-electron chi connectivity index (χ2n) is 5.47. The van der Waals surface area contributed by atoms with E-state index in [0.29, 0.717) is 18.1 Å².